The van der Waals surface area contributed by atoms with Gasteiger partial charge in [-0.2, -0.15) is 4.31 Å². The van der Waals surface area contributed by atoms with Crippen molar-refractivity contribution in [3.8, 4) is 0 Å². The molecule has 0 saturated carbocycles. The molecular formula is C14H22ClN3O2S. The van der Waals surface area contributed by atoms with Gasteiger partial charge in [0.15, 0.2) is 0 Å². The standard InChI is InChI=1S/C14H22ClN3O2S/c1-14(2,3)11-5-4-7-18(8-6-11)21(19,20)12-9-16-13(15)17-10-12/h9-11H,4-8H2,1-3H3. The topological polar surface area (TPSA) is 63.2 Å². The summed E-state index contributed by atoms with van der Waals surface area (Å²) >= 11 is 5.61. The van der Waals surface area contributed by atoms with Crippen LogP contribution in [0.2, 0.25) is 5.28 Å². The first-order valence-electron chi connectivity index (χ1n) is 7.19. The minimum atomic E-state index is -3.52. The summed E-state index contributed by atoms with van der Waals surface area (Å²) in [5, 5.41) is 0.0533. The Labute approximate surface area is 131 Å². The first-order valence-corrected chi connectivity index (χ1v) is 9.01. The smallest absolute Gasteiger partial charge is 0.225 e. The van der Waals surface area contributed by atoms with Crippen molar-refractivity contribution in [2.75, 3.05) is 13.1 Å². The van der Waals surface area contributed by atoms with Gasteiger partial charge in [-0.15, -0.1) is 0 Å². The Bertz CT molecular complexity index is 581. The number of rotatable bonds is 2. The molecular weight excluding hydrogens is 310 g/mol. The Morgan fingerprint density at radius 3 is 2.38 bits per heavy atom. The summed E-state index contributed by atoms with van der Waals surface area (Å²) in [7, 11) is -3.52. The Morgan fingerprint density at radius 1 is 1.19 bits per heavy atom. The molecule has 1 saturated heterocycles. The zero-order chi connectivity index (χ0) is 15.7. The lowest BCUT2D eigenvalue weighted by atomic mass is 9.77. The molecule has 0 radical (unpaired) electrons. The van der Waals surface area contributed by atoms with E-state index in [0.29, 0.717) is 19.0 Å². The van der Waals surface area contributed by atoms with Crippen LogP contribution in [0.1, 0.15) is 40.0 Å². The fourth-order valence-corrected chi connectivity index (χ4v) is 4.24. The van der Waals surface area contributed by atoms with E-state index in [2.05, 4.69) is 30.7 Å². The van der Waals surface area contributed by atoms with E-state index in [1.807, 2.05) is 0 Å². The molecule has 1 aliphatic heterocycles. The maximum Gasteiger partial charge on any atom is 0.246 e. The lowest BCUT2D eigenvalue weighted by Crippen LogP contribution is -2.32. The molecule has 1 aromatic rings. The van der Waals surface area contributed by atoms with Crippen LogP contribution in [0.15, 0.2) is 17.3 Å². The highest BCUT2D eigenvalue weighted by molar-refractivity contribution is 7.89. The number of sulfonamides is 1. The minimum Gasteiger partial charge on any atom is -0.225 e. The molecule has 0 N–H and O–H groups in total. The van der Waals surface area contributed by atoms with E-state index >= 15 is 0 Å². The Morgan fingerprint density at radius 2 is 1.81 bits per heavy atom. The summed E-state index contributed by atoms with van der Waals surface area (Å²) in [6.07, 6.45) is 5.38. The van der Waals surface area contributed by atoms with Crippen LogP contribution in [0.5, 0.6) is 0 Å². The summed E-state index contributed by atoms with van der Waals surface area (Å²) in [5.41, 5.74) is 0.211. The zero-order valence-corrected chi connectivity index (χ0v) is 14.3. The molecule has 1 atom stereocenters. The van der Waals surface area contributed by atoms with Crippen molar-refractivity contribution in [3.05, 3.63) is 17.7 Å². The Kier molecular flexibility index (Phi) is 4.90. The van der Waals surface area contributed by atoms with Gasteiger partial charge in [-0.1, -0.05) is 20.8 Å². The molecule has 0 aliphatic carbocycles. The Balaban J connectivity index is 2.16. The van der Waals surface area contributed by atoms with E-state index < -0.39 is 10.0 Å². The van der Waals surface area contributed by atoms with Crippen molar-refractivity contribution in [2.45, 2.75) is 44.9 Å². The maximum absolute atomic E-state index is 12.6. The first-order chi connectivity index (χ1) is 9.71. The summed E-state index contributed by atoms with van der Waals surface area (Å²) in [5.74, 6) is 0.541. The van der Waals surface area contributed by atoms with Gasteiger partial charge in [-0.3, -0.25) is 0 Å². The normalized spacial score (nSPS) is 22.0. The van der Waals surface area contributed by atoms with Gasteiger partial charge in [0, 0.05) is 13.1 Å². The molecule has 118 valence electrons. The highest BCUT2D eigenvalue weighted by Crippen LogP contribution is 2.35. The van der Waals surface area contributed by atoms with Crippen LogP contribution in [0.25, 0.3) is 0 Å². The number of nitrogens with zero attached hydrogens (tertiary/aromatic N) is 3. The van der Waals surface area contributed by atoms with E-state index in [4.69, 9.17) is 11.6 Å². The number of halogens is 1. The third-order valence-corrected chi connectivity index (χ3v) is 6.19. The van der Waals surface area contributed by atoms with E-state index in [-0.39, 0.29) is 15.6 Å². The van der Waals surface area contributed by atoms with E-state index in [1.54, 1.807) is 4.31 Å². The van der Waals surface area contributed by atoms with Gasteiger partial charge >= 0.3 is 0 Å². The van der Waals surface area contributed by atoms with E-state index in [1.165, 1.54) is 12.4 Å². The summed E-state index contributed by atoms with van der Waals surface area (Å²) in [6.45, 7) is 7.75. The number of aromatic nitrogens is 2. The molecule has 0 aromatic carbocycles. The number of hydrogen-bond donors (Lipinski definition) is 0. The lowest BCUT2D eigenvalue weighted by molar-refractivity contribution is 0.217. The molecule has 1 aliphatic rings. The van der Waals surface area contributed by atoms with Crippen LogP contribution in [0.3, 0.4) is 0 Å². The molecule has 1 unspecified atom stereocenters. The van der Waals surface area contributed by atoms with Gasteiger partial charge in [0.2, 0.25) is 15.3 Å². The fourth-order valence-electron chi connectivity index (χ4n) is 2.76. The van der Waals surface area contributed by atoms with Crippen molar-refractivity contribution >= 4 is 21.6 Å². The van der Waals surface area contributed by atoms with Crippen LogP contribution in [-0.4, -0.2) is 35.8 Å². The molecule has 1 aromatic heterocycles. The first kappa shape index (κ1) is 16.6. The average molecular weight is 332 g/mol. The van der Waals surface area contributed by atoms with Crippen LogP contribution in [0, 0.1) is 11.3 Å². The predicted molar refractivity (Wildman–Crippen MR) is 82.6 cm³/mol. The monoisotopic (exact) mass is 331 g/mol. The van der Waals surface area contributed by atoms with Crippen LogP contribution in [-0.2, 0) is 10.0 Å². The Hall–Kier alpha value is -0.720. The van der Waals surface area contributed by atoms with Gasteiger partial charge < -0.3 is 0 Å². The van der Waals surface area contributed by atoms with Crippen molar-refractivity contribution in [2.24, 2.45) is 11.3 Å². The third-order valence-electron chi connectivity index (χ3n) is 4.15. The molecule has 2 rings (SSSR count). The molecule has 0 amide bonds. The highest BCUT2D eigenvalue weighted by atomic mass is 35.5. The number of hydrogen-bond acceptors (Lipinski definition) is 4. The van der Waals surface area contributed by atoms with E-state index in [9.17, 15) is 8.42 Å². The molecule has 21 heavy (non-hydrogen) atoms. The van der Waals surface area contributed by atoms with Crippen molar-refractivity contribution in [1.29, 1.82) is 0 Å². The largest absolute Gasteiger partial charge is 0.246 e. The quantitative estimate of drug-likeness (QED) is 0.781. The van der Waals surface area contributed by atoms with Gasteiger partial charge in [-0.05, 0) is 42.2 Å². The van der Waals surface area contributed by atoms with Gasteiger partial charge in [0.1, 0.15) is 4.90 Å². The molecule has 0 spiro atoms. The van der Waals surface area contributed by atoms with Crippen molar-refractivity contribution < 1.29 is 8.42 Å². The molecule has 5 nitrogen and oxygen atoms in total. The maximum atomic E-state index is 12.6. The molecule has 2 heterocycles. The third kappa shape index (κ3) is 3.93. The van der Waals surface area contributed by atoms with Crippen LogP contribution in [0.4, 0.5) is 0 Å². The van der Waals surface area contributed by atoms with Gasteiger partial charge in [0.25, 0.3) is 0 Å². The second kappa shape index (κ2) is 6.18. The fraction of sp³-hybridized carbons (Fsp3) is 0.714. The second-order valence-electron chi connectivity index (χ2n) is 6.59. The van der Waals surface area contributed by atoms with Crippen molar-refractivity contribution in [1.82, 2.24) is 14.3 Å². The summed E-state index contributed by atoms with van der Waals surface area (Å²) in [6, 6.07) is 0. The highest BCUT2D eigenvalue weighted by Gasteiger charge is 2.32. The summed E-state index contributed by atoms with van der Waals surface area (Å²) < 4.78 is 26.8. The second-order valence-corrected chi connectivity index (χ2v) is 8.86. The lowest BCUT2D eigenvalue weighted by Gasteiger charge is -2.29. The summed E-state index contributed by atoms with van der Waals surface area (Å²) in [4.78, 5) is 7.64. The van der Waals surface area contributed by atoms with Crippen molar-refractivity contribution in [3.63, 3.8) is 0 Å². The average Bonchev–Trinajstić information content (AvgIpc) is 2.64. The van der Waals surface area contributed by atoms with Gasteiger partial charge in [-0.25, -0.2) is 18.4 Å². The minimum absolute atomic E-state index is 0.0533. The van der Waals surface area contributed by atoms with Crippen LogP contribution < -0.4 is 0 Å². The SMILES string of the molecule is CC(C)(C)C1CCCN(S(=O)(=O)c2cnc(Cl)nc2)CC1. The molecule has 0 bridgehead atoms. The molecule has 1 fully saturated rings. The molecule has 7 heteroatoms. The van der Waals surface area contributed by atoms with Gasteiger partial charge in [0.05, 0.1) is 12.4 Å². The predicted octanol–water partition coefficient (Wildman–Crippen LogP) is 2.97. The van der Waals surface area contributed by atoms with Crippen LogP contribution >= 0.6 is 11.6 Å². The zero-order valence-electron chi connectivity index (χ0n) is 12.7. The van der Waals surface area contributed by atoms with E-state index in [0.717, 1.165) is 19.3 Å².